The van der Waals surface area contributed by atoms with Gasteiger partial charge in [0.05, 0.1) is 0 Å². The van der Waals surface area contributed by atoms with Crippen LogP contribution in [0.2, 0.25) is 0 Å². The van der Waals surface area contributed by atoms with Crippen molar-refractivity contribution in [3.63, 3.8) is 0 Å². The first-order valence-corrected chi connectivity index (χ1v) is 9.37. The van der Waals surface area contributed by atoms with Crippen LogP contribution in [0.1, 0.15) is 50.8 Å². The van der Waals surface area contributed by atoms with Crippen LogP contribution in [0.15, 0.2) is 42.5 Å². The molecule has 1 unspecified atom stereocenters. The molecule has 2 aromatic carbocycles. The number of ketones is 1. The second kappa shape index (κ2) is 7.04. The molecule has 0 radical (unpaired) electrons. The fourth-order valence-electron chi connectivity index (χ4n) is 4.15. The normalized spacial score (nSPS) is 17.5. The van der Waals surface area contributed by atoms with Crippen molar-refractivity contribution in [3.05, 3.63) is 70.3 Å². The Bertz CT molecular complexity index is 859. The first-order valence-electron chi connectivity index (χ1n) is 9.37. The van der Waals surface area contributed by atoms with Gasteiger partial charge in [-0.05, 0) is 42.5 Å². The average Bonchev–Trinajstić information content (AvgIpc) is 3.02. The molecule has 0 saturated heterocycles. The van der Waals surface area contributed by atoms with Gasteiger partial charge in [0, 0.05) is 43.2 Å². The second-order valence-electron chi connectivity index (χ2n) is 7.38. The lowest BCUT2D eigenvalue weighted by molar-refractivity contribution is 0.0925. The van der Waals surface area contributed by atoms with Gasteiger partial charge in [0.2, 0.25) is 0 Å². The predicted octanol–water partition coefficient (Wildman–Crippen LogP) is 2.99. The minimum Gasteiger partial charge on any atom is -0.348 e. The van der Waals surface area contributed by atoms with Crippen LogP contribution in [0.4, 0.5) is 0 Å². The molecule has 0 saturated carbocycles. The van der Waals surface area contributed by atoms with E-state index in [0.717, 1.165) is 37.2 Å². The maximum atomic E-state index is 12.7. The topological polar surface area (TPSA) is 49.4 Å². The largest absolute Gasteiger partial charge is 0.348 e. The van der Waals surface area contributed by atoms with Gasteiger partial charge < -0.3 is 5.32 Å². The number of amides is 1. The Balaban J connectivity index is 1.39. The highest BCUT2D eigenvalue weighted by molar-refractivity contribution is 6.05. The van der Waals surface area contributed by atoms with Crippen molar-refractivity contribution in [2.45, 2.75) is 38.8 Å². The summed E-state index contributed by atoms with van der Waals surface area (Å²) in [6.07, 6.45) is 2.25. The lowest BCUT2D eigenvalue weighted by atomic mass is 9.99. The Hall–Kier alpha value is -2.46. The highest BCUT2D eigenvalue weighted by Crippen LogP contribution is 2.25. The van der Waals surface area contributed by atoms with Crippen molar-refractivity contribution in [2.75, 3.05) is 13.1 Å². The summed E-state index contributed by atoms with van der Waals surface area (Å²) in [6.45, 7) is 4.83. The zero-order valence-corrected chi connectivity index (χ0v) is 15.1. The van der Waals surface area contributed by atoms with Crippen molar-refractivity contribution in [2.24, 2.45) is 0 Å². The van der Waals surface area contributed by atoms with Crippen molar-refractivity contribution in [3.8, 4) is 0 Å². The van der Waals surface area contributed by atoms with E-state index in [2.05, 4.69) is 34.5 Å². The van der Waals surface area contributed by atoms with Crippen LogP contribution in [0.5, 0.6) is 0 Å². The van der Waals surface area contributed by atoms with Gasteiger partial charge in [-0.3, -0.25) is 14.5 Å². The van der Waals surface area contributed by atoms with Gasteiger partial charge >= 0.3 is 0 Å². The van der Waals surface area contributed by atoms with E-state index in [4.69, 9.17) is 0 Å². The monoisotopic (exact) mass is 348 g/mol. The number of carbonyl (C=O) groups excluding carboxylic acids is 2. The minimum absolute atomic E-state index is 0.0562. The molecule has 0 fully saturated rings. The molecular weight excluding hydrogens is 324 g/mol. The summed E-state index contributed by atoms with van der Waals surface area (Å²) in [6, 6.07) is 14.1. The molecule has 1 aliphatic carbocycles. The molecular formula is C22H24N2O2. The SMILES string of the molecule is CC(CN1CCc2ccccc2C1)NC(=O)c1cccc2c1CCC2=O. The van der Waals surface area contributed by atoms with Crippen LogP contribution >= 0.6 is 0 Å². The van der Waals surface area contributed by atoms with Gasteiger partial charge in [-0.15, -0.1) is 0 Å². The van der Waals surface area contributed by atoms with Crippen LogP contribution < -0.4 is 5.32 Å². The molecule has 0 spiro atoms. The molecule has 4 nitrogen and oxygen atoms in total. The fourth-order valence-corrected chi connectivity index (χ4v) is 4.15. The quantitative estimate of drug-likeness (QED) is 0.924. The van der Waals surface area contributed by atoms with Crippen molar-refractivity contribution >= 4 is 11.7 Å². The van der Waals surface area contributed by atoms with Crippen molar-refractivity contribution in [1.82, 2.24) is 10.2 Å². The number of carbonyl (C=O) groups is 2. The van der Waals surface area contributed by atoms with E-state index >= 15 is 0 Å². The van der Waals surface area contributed by atoms with Crippen LogP contribution in [0, 0.1) is 0 Å². The number of Topliss-reactive ketones (excluding diaryl/α,β-unsaturated/α-hetero) is 1. The first kappa shape index (κ1) is 17.0. The van der Waals surface area contributed by atoms with Crippen LogP contribution in [0.25, 0.3) is 0 Å². The number of fused-ring (bicyclic) bond motifs is 2. The third kappa shape index (κ3) is 3.29. The molecule has 2 aromatic rings. The average molecular weight is 348 g/mol. The van der Waals surface area contributed by atoms with Crippen LogP contribution in [-0.4, -0.2) is 35.7 Å². The minimum atomic E-state index is -0.0681. The second-order valence-corrected chi connectivity index (χ2v) is 7.38. The number of nitrogens with zero attached hydrogens (tertiary/aromatic N) is 1. The number of hydrogen-bond donors (Lipinski definition) is 1. The third-order valence-corrected chi connectivity index (χ3v) is 5.44. The number of nitrogens with one attached hydrogen (secondary N) is 1. The molecule has 1 N–H and O–H groups in total. The molecule has 4 heteroatoms. The molecule has 1 aliphatic heterocycles. The molecule has 26 heavy (non-hydrogen) atoms. The standard InChI is InChI=1S/C22H24N2O2/c1-15(13-24-12-11-16-5-2-3-6-17(16)14-24)23-22(26)20-8-4-7-19-18(20)9-10-21(19)25/h2-8,15H,9-14H2,1H3,(H,23,26). The fraction of sp³-hybridized carbons (Fsp3) is 0.364. The van der Waals surface area contributed by atoms with Gasteiger partial charge in [0.1, 0.15) is 0 Å². The molecule has 1 atom stereocenters. The molecule has 2 aliphatic rings. The lowest BCUT2D eigenvalue weighted by Gasteiger charge is -2.31. The molecule has 1 heterocycles. The van der Waals surface area contributed by atoms with Gasteiger partial charge in [0.25, 0.3) is 5.91 Å². The molecule has 134 valence electrons. The van der Waals surface area contributed by atoms with E-state index in [1.165, 1.54) is 11.1 Å². The van der Waals surface area contributed by atoms with Gasteiger partial charge in [-0.1, -0.05) is 36.4 Å². The van der Waals surface area contributed by atoms with Crippen LogP contribution in [0.3, 0.4) is 0 Å². The summed E-state index contributed by atoms with van der Waals surface area (Å²) >= 11 is 0. The number of rotatable bonds is 4. The van der Waals surface area contributed by atoms with Gasteiger partial charge in [0.15, 0.2) is 5.78 Å². The Labute approximate surface area is 154 Å². The zero-order chi connectivity index (χ0) is 18.1. The highest BCUT2D eigenvalue weighted by atomic mass is 16.1. The summed E-state index contributed by atoms with van der Waals surface area (Å²) < 4.78 is 0. The van der Waals surface area contributed by atoms with Gasteiger partial charge in [-0.2, -0.15) is 0 Å². The number of hydrogen-bond acceptors (Lipinski definition) is 3. The van der Waals surface area contributed by atoms with E-state index in [1.807, 2.05) is 25.1 Å². The summed E-state index contributed by atoms with van der Waals surface area (Å²) in [5, 5.41) is 3.12. The molecule has 0 aromatic heterocycles. The van der Waals surface area contributed by atoms with Crippen LogP contribution in [-0.2, 0) is 19.4 Å². The van der Waals surface area contributed by atoms with E-state index in [1.54, 1.807) is 0 Å². The van der Waals surface area contributed by atoms with E-state index in [-0.39, 0.29) is 17.7 Å². The molecule has 0 bridgehead atoms. The maximum absolute atomic E-state index is 12.7. The Morgan fingerprint density at radius 3 is 2.73 bits per heavy atom. The lowest BCUT2D eigenvalue weighted by Crippen LogP contribution is -2.43. The Kier molecular flexibility index (Phi) is 4.60. The smallest absolute Gasteiger partial charge is 0.251 e. The number of benzene rings is 2. The first-order chi connectivity index (χ1) is 12.6. The van der Waals surface area contributed by atoms with Crippen molar-refractivity contribution in [1.29, 1.82) is 0 Å². The van der Waals surface area contributed by atoms with Crippen molar-refractivity contribution < 1.29 is 9.59 Å². The Morgan fingerprint density at radius 2 is 1.88 bits per heavy atom. The predicted molar refractivity (Wildman–Crippen MR) is 101 cm³/mol. The maximum Gasteiger partial charge on any atom is 0.251 e. The van der Waals surface area contributed by atoms with Gasteiger partial charge in [-0.25, -0.2) is 0 Å². The van der Waals surface area contributed by atoms with E-state index in [9.17, 15) is 9.59 Å². The van der Waals surface area contributed by atoms with E-state index in [0.29, 0.717) is 18.4 Å². The van der Waals surface area contributed by atoms with E-state index < -0.39 is 0 Å². The summed E-state index contributed by atoms with van der Waals surface area (Å²) in [4.78, 5) is 27.0. The third-order valence-electron chi connectivity index (χ3n) is 5.44. The summed E-state index contributed by atoms with van der Waals surface area (Å²) in [7, 11) is 0. The molecule has 4 rings (SSSR count). The molecule has 1 amide bonds. The summed E-state index contributed by atoms with van der Waals surface area (Å²) in [5.74, 6) is 0.0798. The zero-order valence-electron chi connectivity index (χ0n) is 15.1. The highest BCUT2D eigenvalue weighted by Gasteiger charge is 2.25. The Morgan fingerprint density at radius 1 is 1.08 bits per heavy atom. The summed E-state index contributed by atoms with van der Waals surface area (Å²) in [5.41, 5.74) is 5.11.